The van der Waals surface area contributed by atoms with Crippen molar-refractivity contribution < 1.29 is 26.6 Å². The molecular weight excluding hydrogens is 348 g/mol. The van der Waals surface area contributed by atoms with Gasteiger partial charge in [-0.05, 0) is 13.8 Å². The zero-order valence-electron chi connectivity index (χ0n) is 13.9. The minimum Gasteiger partial charge on any atom is -0.377 e. The molecule has 0 aromatic rings. The van der Waals surface area contributed by atoms with E-state index in [1.165, 1.54) is 0 Å². The van der Waals surface area contributed by atoms with Crippen LogP contribution in [0.4, 0.5) is 0 Å². The Kier molecular flexibility index (Phi) is 16.7. The highest BCUT2D eigenvalue weighted by molar-refractivity contribution is 7.80. The Bertz CT molecular complexity index is 229. The molecule has 0 spiro atoms. The van der Waals surface area contributed by atoms with E-state index in [1.807, 2.05) is 26.9 Å². The van der Waals surface area contributed by atoms with Crippen LogP contribution in [0.3, 0.4) is 0 Å². The summed E-state index contributed by atoms with van der Waals surface area (Å²) in [7, 11) is -1.46. The molecular formula is C11H30O6S2Si2. The lowest BCUT2D eigenvalue weighted by Gasteiger charge is -2.24. The summed E-state index contributed by atoms with van der Waals surface area (Å²) >= 11 is 7.93. The van der Waals surface area contributed by atoms with Gasteiger partial charge in [0.25, 0.3) is 0 Å². The van der Waals surface area contributed by atoms with Gasteiger partial charge in [0, 0.05) is 52.9 Å². The van der Waals surface area contributed by atoms with E-state index in [1.54, 1.807) is 14.2 Å². The van der Waals surface area contributed by atoms with Crippen molar-refractivity contribution in [2.45, 2.75) is 26.9 Å². The molecule has 0 aromatic heterocycles. The van der Waals surface area contributed by atoms with Crippen molar-refractivity contribution in [3.63, 3.8) is 0 Å². The van der Waals surface area contributed by atoms with Gasteiger partial charge in [-0.3, -0.25) is 0 Å². The second-order valence-electron chi connectivity index (χ2n) is 3.84. The molecule has 0 fully saturated rings. The van der Waals surface area contributed by atoms with E-state index in [-0.39, 0.29) is 0 Å². The summed E-state index contributed by atoms with van der Waals surface area (Å²) in [6.07, 6.45) is 0. The second kappa shape index (κ2) is 14.5. The minimum absolute atomic E-state index is 0.338. The first-order chi connectivity index (χ1) is 9.86. The van der Waals surface area contributed by atoms with Crippen molar-refractivity contribution in [2.75, 3.05) is 45.7 Å². The molecule has 0 radical (unpaired) electrons. The summed E-state index contributed by atoms with van der Waals surface area (Å²) < 4.78 is 31.4. The van der Waals surface area contributed by atoms with E-state index in [2.05, 4.69) is 25.3 Å². The van der Waals surface area contributed by atoms with Crippen LogP contribution in [0.1, 0.15) is 13.8 Å². The standard InChI is InChI=1S/C7H18O3SSi.C4H12O3SSi/c1-4-8-12(3,9-5-2)10-6-7-11;1-5-9(3,6-2)7-4-8/h11H,4-7H2,1-3H3;8H,4H2,1-3H3. The molecule has 0 saturated heterocycles. The number of hydrogen-bond acceptors (Lipinski definition) is 8. The maximum atomic E-state index is 5.48. The third kappa shape index (κ3) is 13.1. The van der Waals surface area contributed by atoms with Crippen molar-refractivity contribution in [1.82, 2.24) is 0 Å². The number of thiol groups is 2. The largest absolute Gasteiger partial charge is 0.497 e. The molecule has 21 heavy (non-hydrogen) atoms. The first-order valence-electron chi connectivity index (χ1n) is 6.74. The molecule has 0 rings (SSSR count). The first kappa shape index (κ1) is 24.2. The smallest absolute Gasteiger partial charge is 0.377 e. The van der Waals surface area contributed by atoms with Crippen LogP contribution in [0.5, 0.6) is 0 Å². The lowest BCUT2D eigenvalue weighted by molar-refractivity contribution is 0.0792. The molecule has 130 valence electrons. The molecule has 0 heterocycles. The molecule has 0 N–H and O–H groups in total. The number of hydrogen-bond donors (Lipinski definition) is 2. The van der Waals surface area contributed by atoms with Crippen LogP contribution < -0.4 is 0 Å². The Balaban J connectivity index is 0. The molecule has 0 aliphatic rings. The third-order valence-electron chi connectivity index (χ3n) is 2.34. The fraction of sp³-hybridized carbons (Fsp3) is 1.00. The summed E-state index contributed by atoms with van der Waals surface area (Å²) in [6, 6.07) is 0. The topological polar surface area (TPSA) is 55.4 Å². The van der Waals surface area contributed by atoms with Gasteiger partial charge in [-0.1, -0.05) is 0 Å². The lowest BCUT2D eigenvalue weighted by Crippen LogP contribution is -2.43. The highest BCUT2D eigenvalue weighted by Gasteiger charge is 2.33. The van der Waals surface area contributed by atoms with Crippen molar-refractivity contribution in [2.24, 2.45) is 0 Å². The van der Waals surface area contributed by atoms with Crippen molar-refractivity contribution >= 4 is 42.9 Å². The predicted molar refractivity (Wildman–Crippen MR) is 95.2 cm³/mol. The third-order valence-corrected chi connectivity index (χ3v) is 7.40. The molecule has 0 saturated carbocycles. The highest BCUT2D eigenvalue weighted by Crippen LogP contribution is 2.08. The lowest BCUT2D eigenvalue weighted by atomic mass is 10.9. The van der Waals surface area contributed by atoms with Gasteiger partial charge in [0.05, 0.1) is 5.94 Å². The van der Waals surface area contributed by atoms with Crippen molar-refractivity contribution in [3.8, 4) is 0 Å². The predicted octanol–water partition coefficient (Wildman–Crippen LogP) is 2.33. The second-order valence-corrected chi connectivity index (χ2v) is 9.97. The van der Waals surface area contributed by atoms with Crippen LogP contribution >= 0.6 is 25.3 Å². The summed E-state index contributed by atoms with van der Waals surface area (Å²) in [5.74, 6) is 1.03. The zero-order chi connectivity index (χ0) is 16.8. The van der Waals surface area contributed by atoms with Crippen LogP contribution in [0.2, 0.25) is 13.1 Å². The SMILES string of the molecule is CCO[Si](C)(OCC)OCCS.CO[Si](C)(OC)OCS. The van der Waals surface area contributed by atoms with Gasteiger partial charge >= 0.3 is 17.6 Å². The van der Waals surface area contributed by atoms with Gasteiger partial charge in [-0.15, -0.1) is 0 Å². The Labute approximate surface area is 142 Å². The Hall–Kier alpha value is 0.894. The van der Waals surface area contributed by atoms with E-state index in [0.717, 1.165) is 0 Å². The van der Waals surface area contributed by atoms with Gasteiger partial charge in [0.1, 0.15) is 0 Å². The summed E-state index contributed by atoms with van der Waals surface area (Å²) in [5.41, 5.74) is 0. The molecule has 0 aliphatic carbocycles. The normalized spacial score (nSPS) is 12.0. The summed E-state index contributed by atoms with van der Waals surface area (Å²) in [5, 5.41) is 0. The van der Waals surface area contributed by atoms with Gasteiger partial charge in [0.15, 0.2) is 0 Å². The van der Waals surface area contributed by atoms with Crippen molar-refractivity contribution in [3.05, 3.63) is 0 Å². The fourth-order valence-electron chi connectivity index (χ4n) is 1.20. The molecule has 0 amide bonds. The quantitative estimate of drug-likeness (QED) is 0.327. The first-order valence-corrected chi connectivity index (χ1v) is 12.5. The summed E-state index contributed by atoms with van der Waals surface area (Å²) in [6.45, 7) is 9.45. The average Bonchev–Trinajstić information content (AvgIpc) is 2.46. The van der Waals surface area contributed by atoms with Crippen LogP contribution in [-0.2, 0) is 26.6 Å². The van der Waals surface area contributed by atoms with Crippen LogP contribution in [0.25, 0.3) is 0 Å². The maximum absolute atomic E-state index is 5.48. The van der Waals surface area contributed by atoms with Gasteiger partial charge in [-0.2, -0.15) is 25.3 Å². The maximum Gasteiger partial charge on any atom is 0.497 e. The fourth-order valence-corrected chi connectivity index (χ4v) is 4.57. The van der Waals surface area contributed by atoms with Crippen LogP contribution in [0, 0.1) is 0 Å². The summed E-state index contributed by atoms with van der Waals surface area (Å²) in [4.78, 5) is 0. The van der Waals surface area contributed by atoms with E-state index in [4.69, 9.17) is 26.6 Å². The molecule has 10 heteroatoms. The molecule has 0 unspecified atom stereocenters. The van der Waals surface area contributed by atoms with Crippen molar-refractivity contribution in [1.29, 1.82) is 0 Å². The van der Waals surface area contributed by atoms with Crippen LogP contribution in [0.15, 0.2) is 0 Å². The van der Waals surface area contributed by atoms with E-state index in [0.29, 0.717) is 31.5 Å². The molecule has 0 aromatic carbocycles. The monoisotopic (exact) mass is 378 g/mol. The van der Waals surface area contributed by atoms with Gasteiger partial charge in [-0.25, -0.2) is 0 Å². The Morgan fingerprint density at radius 3 is 1.48 bits per heavy atom. The Morgan fingerprint density at radius 1 is 0.762 bits per heavy atom. The number of rotatable bonds is 11. The minimum atomic E-state index is -2.32. The Morgan fingerprint density at radius 2 is 1.24 bits per heavy atom. The molecule has 0 aliphatic heterocycles. The van der Waals surface area contributed by atoms with Gasteiger partial charge in [0.2, 0.25) is 0 Å². The van der Waals surface area contributed by atoms with E-state index < -0.39 is 17.6 Å². The molecule has 6 nitrogen and oxygen atoms in total. The zero-order valence-corrected chi connectivity index (χ0v) is 17.7. The molecule has 0 atom stereocenters. The average molecular weight is 379 g/mol. The highest BCUT2D eigenvalue weighted by atomic mass is 32.1. The van der Waals surface area contributed by atoms with E-state index >= 15 is 0 Å². The van der Waals surface area contributed by atoms with Gasteiger partial charge < -0.3 is 26.6 Å². The molecule has 0 bridgehead atoms. The van der Waals surface area contributed by atoms with Crippen LogP contribution in [-0.4, -0.2) is 63.3 Å². The van der Waals surface area contributed by atoms with E-state index in [9.17, 15) is 0 Å².